The van der Waals surface area contributed by atoms with E-state index in [1.54, 1.807) is 13.1 Å². The molecule has 0 radical (unpaired) electrons. The monoisotopic (exact) mass is 230 g/mol. The smallest absolute Gasteiger partial charge is 0.0737 e. The van der Waals surface area contributed by atoms with E-state index in [9.17, 15) is 5.11 Å². The third-order valence-electron chi connectivity index (χ3n) is 3.01. The maximum Gasteiger partial charge on any atom is 0.0737 e. The summed E-state index contributed by atoms with van der Waals surface area (Å²) in [5, 5.41) is 10.6. The second-order valence-electron chi connectivity index (χ2n) is 4.44. The number of aliphatic hydroxyl groups is 1. The van der Waals surface area contributed by atoms with Gasteiger partial charge in [-0.2, -0.15) is 0 Å². The summed E-state index contributed by atoms with van der Waals surface area (Å²) in [7, 11) is 0. The Kier molecular flexibility index (Phi) is 3.71. The van der Waals surface area contributed by atoms with E-state index in [4.69, 9.17) is 5.73 Å². The van der Waals surface area contributed by atoms with Gasteiger partial charge in [-0.3, -0.25) is 4.98 Å². The number of rotatable bonds is 4. The van der Waals surface area contributed by atoms with Crippen LogP contribution in [0.25, 0.3) is 10.9 Å². The molecule has 0 spiro atoms. The molecule has 0 bridgehead atoms. The summed E-state index contributed by atoms with van der Waals surface area (Å²) in [5.74, 6) is 0.161. The average Bonchev–Trinajstić information content (AvgIpc) is 2.35. The first-order valence-corrected chi connectivity index (χ1v) is 5.94. The zero-order chi connectivity index (χ0) is 12.3. The molecule has 0 aliphatic carbocycles. The van der Waals surface area contributed by atoms with E-state index in [1.165, 1.54) is 0 Å². The van der Waals surface area contributed by atoms with Gasteiger partial charge in [0.05, 0.1) is 11.6 Å². The number of aromatic nitrogens is 1. The summed E-state index contributed by atoms with van der Waals surface area (Å²) in [6, 6.07) is 10.1. The van der Waals surface area contributed by atoms with Crippen molar-refractivity contribution >= 4 is 10.9 Å². The number of para-hydroxylation sites is 1. The summed E-state index contributed by atoms with van der Waals surface area (Å²) in [5.41, 5.74) is 7.93. The molecule has 0 fully saturated rings. The number of pyridine rings is 1. The number of hydrogen-bond donors (Lipinski definition) is 2. The first kappa shape index (κ1) is 12.0. The standard InChI is InChI=1S/C14H18N2O/c1-10(17)8-12(9-15)13-6-2-4-11-5-3-7-16-14(11)13/h2-7,10,12,17H,8-9,15H2,1H3. The maximum atomic E-state index is 9.51. The molecule has 0 aliphatic rings. The van der Waals surface area contributed by atoms with Crippen molar-refractivity contribution in [3.8, 4) is 0 Å². The molecule has 2 rings (SSSR count). The fourth-order valence-electron chi connectivity index (χ4n) is 2.22. The topological polar surface area (TPSA) is 59.1 Å². The van der Waals surface area contributed by atoms with Crippen LogP contribution in [-0.4, -0.2) is 22.7 Å². The highest BCUT2D eigenvalue weighted by Gasteiger charge is 2.15. The van der Waals surface area contributed by atoms with Crippen molar-refractivity contribution in [3.05, 3.63) is 42.1 Å². The molecule has 2 atom stereocenters. The molecule has 2 aromatic rings. The predicted molar refractivity (Wildman–Crippen MR) is 69.8 cm³/mol. The summed E-state index contributed by atoms with van der Waals surface area (Å²) < 4.78 is 0. The average molecular weight is 230 g/mol. The van der Waals surface area contributed by atoms with Gasteiger partial charge in [-0.15, -0.1) is 0 Å². The van der Waals surface area contributed by atoms with Crippen LogP contribution in [-0.2, 0) is 0 Å². The molecule has 0 saturated heterocycles. The molecule has 0 amide bonds. The number of nitrogens with zero attached hydrogens (tertiary/aromatic N) is 1. The largest absolute Gasteiger partial charge is 0.393 e. The normalized spacial score (nSPS) is 14.8. The van der Waals surface area contributed by atoms with Gasteiger partial charge in [0.15, 0.2) is 0 Å². The highest BCUT2D eigenvalue weighted by atomic mass is 16.3. The molecule has 0 aliphatic heterocycles. The van der Waals surface area contributed by atoms with Crippen LogP contribution in [0.15, 0.2) is 36.5 Å². The Bertz CT molecular complexity index is 491. The lowest BCUT2D eigenvalue weighted by Crippen LogP contribution is -2.18. The Hall–Kier alpha value is -1.45. The fraction of sp³-hybridized carbons (Fsp3) is 0.357. The molecule has 2 unspecified atom stereocenters. The minimum Gasteiger partial charge on any atom is -0.393 e. The van der Waals surface area contributed by atoms with E-state index < -0.39 is 0 Å². The van der Waals surface area contributed by atoms with Crippen LogP contribution in [0.3, 0.4) is 0 Å². The molecule has 1 aromatic carbocycles. The van der Waals surface area contributed by atoms with Crippen molar-refractivity contribution in [1.29, 1.82) is 0 Å². The van der Waals surface area contributed by atoms with Gasteiger partial charge in [-0.05, 0) is 31.5 Å². The zero-order valence-corrected chi connectivity index (χ0v) is 10.0. The number of hydrogen-bond acceptors (Lipinski definition) is 3. The van der Waals surface area contributed by atoms with Crippen LogP contribution in [0.4, 0.5) is 0 Å². The van der Waals surface area contributed by atoms with E-state index in [2.05, 4.69) is 11.1 Å². The fourth-order valence-corrected chi connectivity index (χ4v) is 2.22. The number of benzene rings is 1. The molecule has 3 heteroatoms. The quantitative estimate of drug-likeness (QED) is 0.845. The third kappa shape index (κ3) is 2.62. The minimum absolute atomic E-state index is 0.161. The van der Waals surface area contributed by atoms with Crippen LogP contribution < -0.4 is 5.73 Å². The van der Waals surface area contributed by atoms with Gasteiger partial charge in [0.1, 0.15) is 0 Å². The molecular formula is C14H18N2O. The van der Waals surface area contributed by atoms with Crippen LogP contribution in [0.5, 0.6) is 0 Å². The van der Waals surface area contributed by atoms with Gasteiger partial charge >= 0.3 is 0 Å². The van der Waals surface area contributed by atoms with Gasteiger partial charge in [-0.1, -0.05) is 24.3 Å². The lowest BCUT2D eigenvalue weighted by Gasteiger charge is -2.18. The lowest BCUT2D eigenvalue weighted by molar-refractivity contribution is 0.175. The van der Waals surface area contributed by atoms with Crippen molar-refractivity contribution in [2.75, 3.05) is 6.54 Å². The van der Waals surface area contributed by atoms with Crippen LogP contribution in [0, 0.1) is 0 Å². The third-order valence-corrected chi connectivity index (χ3v) is 3.01. The first-order valence-electron chi connectivity index (χ1n) is 5.94. The molecular weight excluding hydrogens is 212 g/mol. The SMILES string of the molecule is CC(O)CC(CN)c1cccc2cccnc12. The molecule has 17 heavy (non-hydrogen) atoms. The first-order chi connectivity index (χ1) is 8.22. The molecule has 1 heterocycles. The van der Waals surface area contributed by atoms with E-state index in [1.807, 2.05) is 24.3 Å². The Morgan fingerprint density at radius 1 is 1.29 bits per heavy atom. The van der Waals surface area contributed by atoms with E-state index in [0.717, 1.165) is 16.5 Å². The molecule has 90 valence electrons. The van der Waals surface area contributed by atoms with Gasteiger partial charge < -0.3 is 10.8 Å². The lowest BCUT2D eigenvalue weighted by atomic mass is 9.91. The highest BCUT2D eigenvalue weighted by molar-refractivity contribution is 5.82. The Balaban J connectivity index is 2.46. The van der Waals surface area contributed by atoms with Crippen LogP contribution >= 0.6 is 0 Å². The van der Waals surface area contributed by atoms with E-state index in [-0.39, 0.29) is 12.0 Å². The van der Waals surface area contributed by atoms with Gasteiger partial charge in [0.25, 0.3) is 0 Å². The van der Waals surface area contributed by atoms with Crippen molar-refractivity contribution in [2.24, 2.45) is 5.73 Å². The van der Waals surface area contributed by atoms with Crippen LogP contribution in [0.2, 0.25) is 0 Å². The van der Waals surface area contributed by atoms with Gasteiger partial charge in [0, 0.05) is 17.5 Å². The summed E-state index contributed by atoms with van der Waals surface area (Å²) >= 11 is 0. The van der Waals surface area contributed by atoms with Crippen molar-refractivity contribution < 1.29 is 5.11 Å². The second-order valence-corrected chi connectivity index (χ2v) is 4.44. The second kappa shape index (κ2) is 5.25. The minimum atomic E-state index is -0.345. The van der Waals surface area contributed by atoms with Crippen molar-refractivity contribution in [2.45, 2.75) is 25.4 Å². The summed E-state index contributed by atoms with van der Waals surface area (Å²) in [4.78, 5) is 4.42. The van der Waals surface area contributed by atoms with Gasteiger partial charge in [0.2, 0.25) is 0 Å². The molecule has 3 nitrogen and oxygen atoms in total. The molecule has 1 aromatic heterocycles. The number of nitrogens with two attached hydrogens (primary N) is 1. The molecule has 0 saturated carbocycles. The van der Waals surface area contributed by atoms with E-state index >= 15 is 0 Å². The summed E-state index contributed by atoms with van der Waals surface area (Å²) in [6.07, 6.45) is 2.12. The maximum absolute atomic E-state index is 9.51. The highest BCUT2D eigenvalue weighted by Crippen LogP contribution is 2.26. The Labute approximate surface area is 101 Å². The number of aliphatic hydroxyl groups excluding tert-OH is 1. The predicted octanol–water partition coefficient (Wildman–Crippen LogP) is 2.05. The Morgan fingerprint density at radius 3 is 2.76 bits per heavy atom. The van der Waals surface area contributed by atoms with Gasteiger partial charge in [-0.25, -0.2) is 0 Å². The van der Waals surface area contributed by atoms with E-state index in [0.29, 0.717) is 13.0 Å². The van der Waals surface area contributed by atoms with Crippen molar-refractivity contribution in [3.63, 3.8) is 0 Å². The molecule has 3 N–H and O–H groups in total. The zero-order valence-electron chi connectivity index (χ0n) is 10.0. The number of fused-ring (bicyclic) bond motifs is 1. The van der Waals surface area contributed by atoms with Crippen LogP contribution in [0.1, 0.15) is 24.8 Å². The summed E-state index contributed by atoms with van der Waals surface area (Å²) in [6.45, 7) is 2.32. The Morgan fingerprint density at radius 2 is 2.06 bits per heavy atom. The van der Waals surface area contributed by atoms with Crippen molar-refractivity contribution in [1.82, 2.24) is 4.98 Å².